The van der Waals surface area contributed by atoms with E-state index >= 15 is 0 Å². The van der Waals surface area contributed by atoms with Gasteiger partial charge in [0, 0.05) is 29.9 Å². The first-order chi connectivity index (χ1) is 15.2. The first kappa shape index (κ1) is 19.5. The van der Waals surface area contributed by atoms with Crippen LogP contribution in [0.3, 0.4) is 0 Å². The predicted molar refractivity (Wildman–Crippen MR) is 120 cm³/mol. The van der Waals surface area contributed by atoms with Gasteiger partial charge in [-0.25, -0.2) is 9.67 Å². The minimum Gasteiger partial charge on any atom is -0.490 e. The molecule has 0 N–H and O–H groups in total. The van der Waals surface area contributed by atoms with Gasteiger partial charge in [0.1, 0.15) is 0 Å². The minimum absolute atomic E-state index is 0.157. The number of hydrogen-bond donors (Lipinski definition) is 0. The number of benzene rings is 2. The first-order valence-electron chi connectivity index (χ1n) is 10.2. The highest BCUT2D eigenvalue weighted by Crippen LogP contribution is 2.33. The van der Waals surface area contributed by atoms with E-state index in [1.54, 1.807) is 23.5 Å². The van der Waals surface area contributed by atoms with Gasteiger partial charge in [-0.3, -0.25) is 4.79 Å². The molecule has 4 aromatic rings. The molecule has 0 amide bonds. The van der Waals surface area contributed by atoms with Gasteiger partial charge in [0.2, 0.25) is 0 Å². The van der Waals surface area contributed by atoms with Crippen molar-refractivity contribution >= 4 is 11.3 Å². The molecule has 0 atom stereocenters. The largest absolute Gasteiger partial charge is 0.490 e. The van der Waals surface area contributed by atoms with Gasteiger partial charge >= 0.3 is 0 Å². The molecule has 1 aliphatic rings. The van der Waals surface area contributed by atoms with Gasteiger partial charge in [0.05, 0.1) is 36.2 Å². The van der Waals surface area contributed by atoms with Crippen LogP contribution in [0.4, 0.5) is 0 Å². The third kappa shape index (κ3) is 4.51. The third-order valence-electron chi connectivity index (χ3n) is 5.02. The molecule has 0 bridgehead atoms. The minimum atomic E-state index is -0.157. The number of aromatic nitrogens is 3. The first-order valence-corrected chi connectivity index (χ1v) is 11.1. The molecule has 7 heteroatoms. The standard InChI is InChI=1S/C24H21N3O3S/c28-24-10-8-20(18-7-9-21-22(14-18)30-12-4-11-29-21)26-27(24)15-19-16-31-23(25-19)13-17-5-2-1-3-6-17/h1-3,5-10,14,16H,4,11-13,15H2. The molecule has 0 spiro atoms. The lowest BCUT2D eigenvalue weighted by Crippen LogP contribution is -2.23. The zero-order valence-electron chi connectivity index (χ0n) is 16.9. The molecule has 0 saturated heterocycles. The quantitative estimate of drug-likeness (QED) is 0.475. The molecule has 1 aliphatic heterocycles. The number of thiazole rings is 1. The Balaban J connectivity index is 1.37. The van der Waals surface area contributed by atoms with Crippen molar-refractivity contribution in [1.82, 2.24) is 14.8 Å². The van der Waals surface area contributed by atoms with Crippen molar-refractivity contribution in [3.05, 3.63) is 92.7 Å². The van der Waals surface area contributed by atoms with Crippen LogP contribution in [0.1, 0.15) is 22.7 Å². The van der Waals surface area contributed by atoms with E-state index in [2.05, 4.69) is 17.2 Å². The van der Waals surface area contributed by atoms with Gasteiger partial charge in [0.25, 0.3) is 5.56 Å². The number of fused-ring (bicyclic) bond motifs is 1. The van der Waals surface area contributed by atoms with Crippen LogP contribution in [0.2, 0.25) is 0 Å². The molecule has 2 aromatic heterocycles. The van der Waals surface area contributed by atoms with Crippen molar-refractivity contribution in [2.45, 2.75) is 19.4 Å². The van der Waals surface area contributed by atoms with E-state index in [0.29, 0.717) is 31.2 Å². The van der Waals surface area contributed by atoms with Crippen molar-refractivity contribution in [3.8, 4) is 22.8 Å². The Bertz CT molecular complexity index is 1250. The second kappa shape index (κ2) is 8.73. The Morgan fingerprint density at radius 3 is 2.68 bits per heavy atom. The highest BCUT2D eigenvalue weighted by molar-refractivity contribution is 7.09. The Kier molecular flexibility index (Phi) is 5.50. The summed E-state index contributed by atoms with van der Waals surface area (Å²) in [6, 6.07) is 19.3. The summed E-state index contributed by atoms with van der Waals surface area (Å²) in [6.45, 7) is 1.61. The van der Waals surface area contributed by atoms with Crippen LogP contribution in [-0.4, -0.2) is 28.0 Å². The van der Waals surface area contributed by atoms with Crippen molar-refractivity contribution in [1.29, 1.82) is 0 Å². The van der Waals surface area contributed by atoms with Crippen molar-refractivity contribution in [2.24, 2.45) is 0 Å². The van der Waals surface area contributed by atoms with Crippen molar-refractivity contribution in [2.75, 3.05) is 13.2 Å². The van der Waals surface area contributed by atoms with Gasteiger partial charge in [-0.1, -0.05) is 30.3 Å². The highest BCUT2D eigenvalue weighted by Gasteiger charge is 2.13. The van der Waals surface area contributed by atoms with Gasteiger partial charge in [-0.2, -0.15) is 5.10 Å². The zero-order valence-corrected chi connectivity index (χ0v) is 17.7. The van der Waals surface area contributed by atoms with Crippen LogP contribution in [0, 0.1) is 0 Å². The van der Waals surface area contributed by atoms with Gasteiger partial charge < -0.3 is 9.47 Å². The normalized spacial score (nSPS) is 13.0. The molecule has 0 fully saturated rings. The third-order valence-corrected chi connectivity index (χ3v) is 5.92. The summed E-state index contributed by atoms with van der Waals surface area (Å²) in [5, 5.41) is 7.59. The van der Waals surface area contributed by atoms with E-state index < -0.39 is 0 Å². The molecule has 2 aromatic carbocycles. The molecule has 3 heterocycles. The van der Waals surface area contributed by atoms with Crippen LogP contribution in [0.5, 0.6) is 11.5 Å². The molecular weight excluding hydrogens is 410 g/mol. The van der Waals surface area contributed by atoms with E-state index in [0.717, 1.165) is 34.9 Å². The maximum Gasteiger partial charge on any atom is 0.267 e. The molecular formula is C24H21N3O3S. The topological polar surface area (TPSA) is 66.2 Å². The zero-order chi connectivity index (χ0) is 21.0. The second-order valence-electron chi connectivity index (χ2n) is 7.32. The van der Waals surface area contributed by atoms with Gasteiger partial charge in [-0.15, -0.1) is 11.3 Å². The maximum absolute atomic E-state index is 12.4. The molecule has 0 aliphatic carbocycles. The summed E-state index contributed by atoms with van der Waals surface area (Å²) >= 11 is 1.60. The van der Waals surface area contributed by atoms with E-state index in [-0.39, 0.29) is 5.56 Å². The van der Waals surface area contributed by atoms with Crippen molar-refractivity contribution in [3.63, 3.8) is 0 Å². The van der Waals surface area contributed by atoms with Gasteiger partial charge in [-0.05, 0) is 29.8 Å². The molecule has 6 nitrogen and oxygen atoms in total. The molecule has 0 unspecified atom stereocenters. The molecule has 156 valence electrons. The Morgan fingerprint density at radius 2 is 1.81 bits per heavy atom. The molecule has 31 heavy (non-hydrogen) atoms. The maximum atomic E-state index is 12.4. The summed E-state index contributed by atoms with van der Waals surface area (Å²) < 4.78 is 12.9. The van der Waals surface area contributed by atoms with E-state index in [9.17, 15) is 4.79 Å². The Morgan fingerprint density at radius 1 is 0.968 bits per heavy atom. The van der Waals surface area contributed by atoms with E-state index in [1.165, 1.54) is 10.2 Å². The fourth-order valence-corrected chi connectivity index (χ4v) is 4.28. The lowest BCUT2D eigenvalue weighted by Gasteiger charge is -2.10. The Labute approximate surface area is 183 Å². The molecule has 0 saturated carbocycles. The summed E-state index contributed by atoms with van der Waals surface area (Å²) in [5.41, 5.74) is 3.48. The van der Waals surface area contributed by atoms with Crippen LogP contribution in [0.15, 0.2) is 70.8 Å². The monoisotopic (exact) mass is 431 g/mol. The van der Waals surface area contributed by atoms with Crippen LogP contribution in [0.25, 0.3) is 11.3 Å². The molecule has 0 radical (unpaired) electrons. The summed E-state index contributed by atoms with van der Waals surface area (Å²) in [6.07, 6.45) is 1.64. The van der Waals surface area contributed by atoms with E-state index in [1.807, 2.05) is 41.8 Å². The van der Waals surface area contributed by atoms with Crippen LogP contribution in [-0.2, 0) is 13.0 Å². The lowest BCUT2D eigenvalue weighted by atomic mass is 10.1. The summed E-state index contributed by atoms with van der Waals surface area (Å²) in [7, 11) is 0. The smallest absolute Gasteiger partial charge is 0.267 e. The van der Waals surface area contributed by atoms with E-state index in [4.69, 9.17) is 14.5 Å². The lowest BCUT2D eigenvalue weighted by molar-refractivity contribution is 0.297. The fourth-order valence-electron chi connectivity index (χ4n) is 3.47. The number of ether oxygens (including phenoxy) is 2. The number of hydrogen-bond acceptors (Lipinski definition) is 6. The summed E-state index contributed by atoms with van der Waals surface area (Å²) in [5.74, 6) is 1.45. The number of rotatable bonds is 5. The number of nitrogens with zero attached hydrogens (tertiary/aromatic N) is 3. The average Bonchev–Trinajstić information content (AvgIpc) is 3.09. The fraction of sp³-hybridized carbons (Fsp3) is 0.208. The summed E-state index contributed by atoms with van der Waals surface area (Å²) in [4.78, 5) is 17.1. The molecule has 5 rings (SSSR count). The SMILES string of the molecule is O=c1ccc(-c2ccc3c(c2)OCCCO3)nn1Cc1csc(Cc2ccccc2)n1. The average molecular weight is 432 g/mol. The highest BCUT2D eigenvalue weighted by atomic mass is 32.1. The van der Waals surface area contributed by atoms with Crippen molar-refractivity contribution < 1.29 is 9.47 Å². The van der Waals surface area contributed by atoms with Gasteiger partial charge in [0.15, 0.2) is 11.5 Å². The van der Waals surface area contributed by atoms with Crippen LogP contribution < -0.4 is 15.0 Å². The predicted octanol–water partition coefficient (Wildman–Crippen LogP) is 4.17. The second-order valence-corrected chi connectivity index (χ2v) is 8.26. The van der Waals surface area contributed by atoms with Crippen LogP contribution >= 0.6 is 11.3 Å². The Hall–Kier alpha value is -3.45.